The molecule has 0 saturated carbocycles. The zero-order chi connectivity index (χ0) is 22.3. The first kappa shape index (κ1) is 20.4. The summed E-state index contributed by atoms with van der Waals surface area (Å²) in [6.45, 7) is 4.30. The monoisotopic (exact) mass is 458 g/mol. The van der Waals surface area contributed by atoms with Crippen molar-refractivity contribution in [3.8, 4) is 5.13 Å². The number of amides is 1. The molecule has 2 aromatic carbocycles. The molecule has 4 heterocycles. The summed E-state index contributed by atoms with van der Waals surface area (Å²) in [6, 6.07) is 16.1. The fourth-order valence-electron chi connectivity index (χ4n) is 5.08. The Morgan fingerprint density at radius 3 is 2.73 bits per heavy atom. The molecule has 0 atom stereocenters. The van der Waals surface area contributed by atoms with Crippen molar-refractivity contribution >= 4 is 39.5 Å². The fourth-order valence-corrected chi connectivity index (χ4v) is 5.85. The van der Waals surface area contributed by atoms with Crippen molar-refractivity contribution in [1.82, 2.24) is 20.1 Å². The number of thiazole rings is 1. The molecule has 7 nitrogen and oxygen atoms in total. The van der Waals surface area contributed by atoms with E-state index in [0.29, 0.717) is 16.2 Å². The number of fused-ring (bicyclic) bond motifs is 1. The van der Waals surface area contributed by atoms with Crippen molar-refractivity contribution < 1.29 is 4.79 Å². The van der Waals surface area contributed by atoms with Gasteiger partial charge in [-0.05, 0) is 49.4 Å². The van der Waals surface area contributed by atoms with E-state index in [9.17, 15) is 4.79 Å². The number of piperidine rings is 1. The van der Waals surface area contributed by atoms with E-state index in [2.05, 4.69) is 31.7 Å². The molecule has 168 valence electrons. The van der Waals surface area contributed by atoms with Crippen LogP contribution in [0.3, 0.4) is 0 Å². The number of aromatic nitrogens is 3. The first-order valence-electron chi connectivity index (χ1n) is 11.5. The van der Waals surface area contributed by atoms with Crippen LogP contribution in [-0.2, 0) is 0 Å². The van der Waals surface area contributed by atoms with E-state index >= 15 is 0 Å². The predicted molar refractivity (Wildman–Crippen MR) is 133 cm³/mol. The van der Waals surface area contributed by atoms with Gasteiger partial charge < -0.3 is 15.5 Å². The third-order valence-electron chi connectivity index (χ3n) is 7.03. The molecular formula is C25H26N6OS. The van der Waals surface area contributed by atoms with Crippen molar-refractivity contribution in [3.63, 3.8) is 0 Å². The van der Waals surface area contributed by atoms with Gasteiger partial charge in [0.05, 0.1) is 23.1 Å². The molecule has 2 saturated heterocycles. The van der Waals surface area contributed by atoms with E-state index in [1.807, 2.05) is 48.7 Å². The summed E-state index contributed by atoms with van der Waals surface area (Å²) in [6.07, 6.45) is 5.47. The number of hydrogen-bond acceptors (Lipinski definition) is 6. The molecule has 6 rings (SSSR count). The third-order valence-corrected chi connectivity index (χ3v) is 7.85. The molecule has 2 aliphatic rings. The Hall–Kier alpha value is -3.23. The van der Waals surface area contributed by atoms with Crippen LogP contribution in [0.25, 0.3) is 16.0 Å². The third kappa shape index (κ3) is 3.79. The van der Waals surface area contributed by atoms with Crippen molar-refractivity contribution in [2.75, 3.05) is 36.4 Å². The zero-order valence-electron chi connectivity index (χ0n) is 18.3. The van der Waals surface area contributed by atoms with Gasteiger partial charge in [0.1, 0.15) is 5.69 Å². The summed E-state index contributed by atoms with van der Waals surface area (Å²) in [5.41, 5.74) is 3.76. The molecule has 8 heteroatoms. The minimum atomic E-state index is -0.199. The van der Waals surface area contributed by atoms with Crippen LogP contribution < -0.4 is 15.5 Å². The second-order valence-electron chi connectivity index (χ2n) is 9.02. The lowest BCUT2D eigenvalue weighted by Crippen LogP contribution is -2.41. The molecular weight excluding hydrogens is 432 g/mol. The summed E-state index contributed by atoms with van der Waals surface area (Å²) in [7, 11) is 0. The molecule has 33 heavy (non-hydrogen) atoms. The summed E-state index contributed by atoms with van der Waals surface area (Å²) >= 11 is 1.42. The maximum atomic E-state index is 13.1. The molecule has 1 spiro atoms. The van der Waals surface area contributed by atoms with E-state index in [1.165, 1.54) is 30.6 Å². The second-order valence-corrected chi connectivity index (χ2v) is 9.85. The predicted octanol–water partition coefficient (Wildman–Crippen LogP) is 4.31. The Kier molecular flexibility index (Phi) is 5.11. The highest BCUT2D eigenvalue weighted by molar-refractivity contribution is 7.12. The number of nitrogens with zero attached hydrogens (tertiary/aromatic N) is 4. The number of carbonyl (C=O) groups is 1. The fraction of sp³-hybridized carbons (Fsp3) is 0.320. The zero-order valence-corrected chi connectivity index (χ0v) is 19.1. The Morgan fingerprint density at radius 1 is 1.06 bits per heavy atom. The molecule has 2 aliphatic heterocycles. The van der Waals surface area contributed by atoms with Crippen LogP contribution in [-0.4, -0.2) is 46.9 Å². The van der Waals surface area contributed by atoms with Crippen LogP contribution in [0, 0.1) is 5.41 Å². The lowest BCUT2D eigenvalue weighted by Gasteiger charge is -2.40. The minimum Gasteiger partial charge on any atom is -0.370 e. The van der Waals surface area contributed by atoms with E-state index in [4.69, 9.17) is 0 Å². The van der Waals surface area contributed by atoms with Crippen LogP contribution in [0.1, 0.15) is 29.8 Å². The molecule has 2 aromatic heterocycles. The van der Waals surface area contributed by atoms with E-state index in [0.717, 1.165) is 48.5 Å². The topological polar surface area (TPSA) is 75.1 Å². The molecule has 0 bridgehead atoms. The van der Waals surface area contributed by atoms with Gasteiger partial charge in [-0.25, -0.2) is 9.67 Å². The molecule has 2 N–H and O–H groups in total. The Bertz CT molecular complexity index is 1290. The van der Waals surface area contributed by atoms with Gasteiger partial charge >= 0.3 is 0 Å². The Balaban J connectivity index is 1.20. The molecule has 2 fully saturated rings. The van der Waals surface area contributed by atoms with E-state index in [1.54, 1.807) is 10.1 Å². The molecule has 1 amide bonds. The van der Waals surface area contributed by atoms with E-state index in [-0.39, 0.29) is 5.91 Å². The smallest absolute Gasteiger partial charge is 0.275 e. The first-order valence-corrected chi connectivity index (χ1v) is 12.3. The van der Waals surface area contributed by atoms with Gasteiger partial charge in [0.15, 0.2) is 0 Å². The Labute approximate surface area is 196 Å². The van der Waals surface area contributed by atoms with Gasteiger partial charge in [0.25, 0.3) is 5.91 Å². The minimum absolute atomic E-state index is 0.199. The molecule has 4 aromatic rings. The number of nitrogens with one attached hydrogen (secondary N) is 2. The standard InChI is InChI=1S/C25H26N6OS/c32-23(20-16-33-24(29-20)31-21-7-3-1-5-18(21)15-27-31)28-19-6-2-4-8-22(19)30-13-10-25(11-14-30)9-12-26-17-25/h1-8,15-16,26H,9-14,17H2,(H,28,32). The maximum absolute atomic E-state index is 13.1. The van der Waals surface area contributed by atoms with Crippen LogP contribution >= 0.6 is 11.3 Å². The van der Waals surface area contributed by atoms with Crippen molar-refractivity contribution in [1.29, 1.82) is 0 Å². The molecule has 0 unspecified atom stereocenters. The molecule has 0 radical (unpaired) electrons. The van der Waals surface area contributed by atoms with E-state index < -0.39 is 0 Å². The number of benzene rings is 2. The first-order chi connectivity index (χ1) is 16.2. The average Bonchev–Trinajstić information content (AvgIpc) is 3.60. The summed E-state index contributed by atoms with van der Waals surface area (Å²) < 4.78 is 1.78. The highest BCUT2D eigenvalue weighted by atomic mass is 32.1. The molecule has 0 aliphatic carbocycles. The van der Waals surface area contributed by atoms with Crippen LogP contribution in [0.5, 0.6) is 0 Å². The van der Waals surface area contributed by atoms with Crippen LogP contribution in [0.4, 0.5) is 11.4 Å². The number of anilines is 2. The van der Waals surface area contributed by atoms with Crippen molar-refractivity contribution in [3.05, 3.63) is 65.8 Å². The highest BCUT2D eigenvalue weighted by Gasteiger charge is 2.37. The van der Waals surface area contributed by atoms with Crippen molar-refractivity contribution in [2.24, 2.45) is 5.41 Å². The summed E-state index contributed by atoms with van der Waals surface area (Å²) in [4.78, 5) is 20.1. The average molecular weight is 459 g/mol. The SMILES string of the molecule is O=C(Nc1ccccc1N1CCC2(CCNC2)CC1)c1csc(-n2ncc3ccccc32)n1. The number of carbonyl (C=O) groups excluding carboxylic acids is 1. The maximum Gasteiger partial charge on any atom is 0.275 e. The highest BCUT2D eigenvalue weighted by Crippen LogP contribution is 2.39. The van der Waals surface area contributed by atoms with Gasteiger partial charge in [-0.2, -0.15) is 5.10 Å². The summed E-state index contributed by atoms with van der Waals surface area (Å²) in [5.74, 6) is -0.199. The lowest BCUT2D eigenvalue weighted by atomic mass is 9.77. The number of hydrogen-bond donors (Lipinski definition) is 2. The van der Waals surface area contributed by atoms with Crippen LogP contribution in [0.15, 0.2) is 60.1 Å². The van der Waals surface area contributed by atoms with Crippen LogP contribution in [0.2, 0.25) is 0 Å². The Morgan fingerprint density at radius 2 is 1.88 bits per heavy atom. The second kappa shape index (κ2) is 8.28. The van der Waals surface area contributed by atoms with Gasteiger partial charge in [-0.3, -0.25) is 4.79 Å². The normalized spacial score (nSPS) is 17.6. The van der Waals surface area contributed by atoms with Gasteiger partial charge in [0.2, 0.25) is 5.13 Å². The lowest BCUT2D eigenvalue weighted by molar-refractivity contribution is 0.102. The largest absolute Gasteiger partial charge is 0.370 e. The number of rotatable bonds is 4. The van der Waals surface area contributed by atoms with Gasteiger partial charge in [-0.15, -0.1) is 11.3 Å². The van der Waals surface area contributed by atoms with Gasteiger partial charge in [-0.1, -0.05) is 30.3 Å². The quantitative estimate of drug-likeness (QED) is 0.477. The van der Waals surface area contributed by atoms with Gasteiger partial charge in [0, 0.05) is 30.4 Å². The van der Waals surface area contributed by atoms with Crippen molar-refractivity contribution in [2.45, 2.75) is 19.3 Å². The summed E-state index contributed by atoms with van der Waals surface area (Å²) in [5, 5.41) is 14.6. The number of para-hydroxylation sites is 3.